The zero-order valence-electron chi connectivity index (χ0n) is 18.6. The predicted molar refractivity (Wildman–Crippen MR) is 129 cm³/mol. The summed E-state index contributed by atoms with van der Waals surface area (Å²) in [5.41, 5.74) is 0.858. The zero-order valence-corrected chi connectivity index (χ0v) is 19.4. The van der Waals surface area contributed by atoms with Gasteiger partial charge in [0.05, 0.1) is 12.6 Å². The summed E-state index contributed by atoms with van der Waals surface area (Å²) >= 11 is 1.33. The molecule has 0 spiro atoms. The summed E-state index contributed by atoms with van der Waals surface area (Å²) in [6, 6.07) is 11.7. The van der Waals surface area contributed by atoms with E-state index in [1.54, 1.807) is 66.4 Å². The number of rotatable bonds is 9. The van der Waals surface area contributed by atoms with E-state index < -0.39 is 0 Å². The number of nitrogens with zero attached hydrogens (tertiary/aromatic N) is 2. The Morgan fingerprint density at radius 3 is 2.44 bits per heavy atom. The second kappa shape index (κ2) is 10.6. The molecule has 0 aliphatic carbocycles. The van der Waals surface area contributed by atoms with Gasteiger partial charge in [0.25, 0.3) is 11.8 Å². The van der Waals surface area contributed by atoms with Crippen molar-refractivity contribution in [3.8, 4) is 17.2 Å². The van der Waals surface area contributed by atoms with Crippen LogP contribution in [0.15, 0.2) is 66.4 Å². The molecule has 0 saturated carbocycles. The molecular weight excluding hydrogens is 454 g/mol. The van der Waals surface area contributed by atoms with Crippen LogP contribution < -0.4 is 20.1 Å². The van der Waals surface area contributed by atoms with E-state index in [2.05, 4.69) is 25.6 Å². The average molecular weight is 478 g/mol. The molecule has 174 valence electrons. The van der Waals surface area contributed by atoms with Gasteiger partial charge in [-0.3, -0.25) is 14.9 Å². The first-order valence-corrected chi connectivity index (χ1v) is 11.4. The third-order valence-electron chi connectivity index (χ3n) is 4.49. The summed E-state index contributed by atoms with van der Waals surface area (Å²) in [6.45, 7) is 4.11. The molecule has 2 heterocycles. The molecule has 34 heavy (non-hydrogen) atoms. The van der Waals surface area contributed by atoms with E-state index in [1.165, 1.54) is 11.3 Å². The fraction of sp³-hybridized carbons (Fsp3) is 0.167. The minimum absolute atomic E-state index is 0.0795. The summed E-state index contributed by atoms with van der Waals surface area (Å²) in [7, 11) is 0. The Balaban J connectivity index is 1.47. The van der Waals surface area contributed by atoms with Crippen molar-refractivity contribution in [1.29, 1.82) is 0 Å². The first-order chi connectivity index (χ1) is 16.5. The van der Waals surface area contributed by atoms with E-state index in [0.29, 0.717) is 45.9 Å². The van der Waals surface area contributed by atoms with E-state index in [0.717, 1.165) is 0 Å². The molecule has 0 saturated heterocycles. The van der Waals surface area contributed by atoms with Gasteiger partial charge in [-0.05, 0) is 50.2 Å². The van der Waals surface area contributed by atoms with Crippen LogP contribution in [0.1, 0.15) is 40.4 Å². The van der Waals surface area contributed by atoms with Gasteiger partial charge in [-0.25, -0.2) is 9.97 Å². The Bertz CT molecular complexity index is 1240. The smallest absolute Gasteiger partial charge is 0.257 e. The molecule has 0 radical (unpaired) electrons. The lowest BCUT2D eigenvalue weighted by atomic mass is 10.1. The number of hydrogen-bond donors (Lipinski definition) is 3. The molecule has 4 aromatic rings. The van der Waals surface area contributed by atoms with Crippen molar-refractivity contribution in [2.75, 3.05) is 5.32 Å². The molecule has 0 bridgehead atoms. The Kier molecular flexibility index (Phi) is 7.19. The fourth-order valence-electron chi connectivity index (χ4n) is 3.03. The molecule has 0 fully saturated rings. The van der Waals surface area contributed by atoms with Crippen molar-refractivity contribution in [3.05, 3.63) is 83.4 Å². The Morgan fingerprint density at radius 2 is 1.76 bits per heavy atom. The number of carbonyl (C=O) groups is 2. The molecule has 2 aromatic carbocycles. The van der Waals surface area contributed by atoms with Crippen LogP contribution in [0.2, 0.25) is 0 Å². The number of H-pyrrole nitrogens is 1. The summed E-state index contributed by atoms with van der Waals surface area (Å²) in [5, 5.41) is 7.84. The van der Waals surface area contributed by atoms with Gasteiger partial charge in [-0.1, -0.05) is 0 Å². The largest absolute Gasteiger partial charge is 0.491 e. The number of benzene rings is 2. The van der Waals surface area contributed by atoms with Crippen LogP contribution >= 0.6 is 11.3 Å². The Hall–Kier alpha value is -4.18. The van der Waals surface area contributed by atoms with Crippen LogP contribution in [0.5, 0.6) is 17.2 Å². The van der Waals surface area contributed by atoms with Crippen LogP contribution in [0.25, 0.3) is 0 Å². The highest BCUT2D eigenvalue weighted by atomic mass is 32.1. The highest BCUT2D eigenvalue weighted by Gasteiger charge is 2.14. The number of carbonyl (C=O) groups excluding carboxylic acids is 2. The first kappa shape index (κ1) is 23.0. The predicted octanol–water partition coefficient (Wildman–Crippen LogP) is 4.63. The van der Waals surface area contributed by atoms with Crippen LogP contribution in [0.3, 0.4) is 0 Å². The van der Waals surface area contributed by atoms with Gasteiger partial charge in [0.2, 0.25) is 0 Å². The molecule has 2 amide bonds. The van der Waals surface area contributed by atoms with E-state index in [4.69, 9.17) is 9.47 Å². The normalized spacial score (nSPS) is 10.7. The molecule has 10 heteroatoms. The lowest BCUT2D eigenvalue weighted by molar-refractivity contribution is 0.0949. The number of aromatic amines is 1. The van der Waals surface area contributed by atoms with Gasteiger partial charge >= 0.3 is 0 Å². The molecule has 4 rings (SSSR count). The summed E-state index contributed by atoms with van der Waals surface area (Å²) in [4.78, 5) is 36.2. The topological polar surface area (TPSA) is 118 Å². The second-order valence-electron chi connectivity index (χ2n) is 7.50. The number of thiazole rings is 1. The minimum atomic E-state index is -0.322. The molecule has 0 aliphatic heterocycles. The lowest BCUT2D eigenvalue weighted by Crippen LogP contribution is -2.23. The third kappa shape index (κ3) is 6.20. The lowest BCUT2D eigenvalue weighted by Gasteiger charge is -2.14. The van der Waals surface area contributed by atoms with Crippen molar-refractivity contribution >= 4 is 28.3 Å². The molecule has 0 atom stereocenters. The van der Waals surface area contributed by atoms with Gasteiger partial charge in [-0.2, -0.15) is 0 Å². The Morgan fingerprint density at radius 1 is 0.971 bits per heavy atom. The quantitative estimate of drug-likeness (QED) is 0.324. The monoisotopic (exact) mass is 477 g/mol. The maximum absolute atomic E-state index is 12.7. The third-order valence-corrected chi connectivity index (χ3v) is 5.18. The summed E-state index contributed by atoms with van der Waals surface area (Å²) in [5.74, 6) is 1.57. The highest BCUT2D eigenvalue weighted by molar-refractivity contribution is 7.13. The summed E-state index contributed by atoms with van der Waals surface area (Å²) < 4.78 is 11.8. The Labute approximate surface area is 200 Å². The molecule has 9 nitrogen and oxygen atoms in total. The average Bonchev–Trinajstić information content (AvgIpc) is 3.52. The molecule has 2 aromatic heterocycles. The van der Waals surface area contributed by atoms with Crippen LogP contribution in [-0.4, -0.2) is 32.9 Å². The maximum Gasteiger partial charge on any atom is 0.257 e. The first-order valence-electron chi connectivity index (χ1n) is 10.5. The minimum Gasteiger partial charge on any atom is -0.491 e. The van der Waals surface area contributed by atoms with E-state index >= 15 is 0 Å². The molecule has 0 aliphatic rings. The number of ether oxygens (including phenoxy) is 2. The van der Waals surface area contributed by atoms with Gasteiger partial charge in [0.1, 0.15) is 23.1 Å². The van der Waals surface area contributed by atoms with Crippen molar-refractivity contribution < 1.29 is 19.1 Å². The standard InChI is InChI=1S/C24H23N5O4S/c1-15(2)32-19-11-17(23(31)29-24-27-9-10-34-24)12-20(13-19)33-18-5-3-16(4-6-18)22(30)28-14-21-25-7-8-26-21/h3-13,15H,14H2,1-2H3,(H,25,26)(H,28,30)(H,27,29,31). The number of amides is 2. The second-order valence-corrected chi connectivity index (χ2v) is 8.39. The number of hydrogen-bond acceptors (Lipinski definition) is 7. The van der Waals surface area contributed by atoms with Crippen LogP contribution in [0.4, 0.5) is 5.13 Å². The van der Waals surface area contributed by atoms with E-state index in [9.17, 15) is 9.59 Å². The molecule has 3 N–H and O–H groups in total. The fourth-order valence-corrected chi connectivity index (χ4v) is 3.55. The molecule has 0 unspecified atom stereocenters. The number of imidazole rings is 1. The van der Waals surface area contributed by atoms with Crippen LogP contribution in [0, 0.1) is 0 Å². The van der Waals surface area contributed by atoms with Gasteiger partial charge in [0, 0.05) is 41.2 Å². The van der Waals surface area contributed by atoms with E-state index in [-0.39, 0.29) is 17.9 Å². The SMILES string of the molecule is CC(C)Oc1cc(Oc2ccc(C(=O)NCc3ncc[nH]3)cc2)cc(C(=O)Nc2nccs2)c1. The van der Waals surface area contributed by atoms with Crippen molar-refractivity contribution in [1.82, 2.24) is 20.3 Å². The van der Waals surface area contributed by atoms with E-state index in [1.807, 2.05) is 13.8 Å². The van der Waals surface area contributed by atoms with Gasteiger partial charge in [-0.15, -0.1) is 11.3 Å². The van der Waals surface area contributed by atoms with Gasteiger partial charge in [0.15, 0.2) is 5.13 Å². The summed E-state index contributed by atoms with van der Waals surface area (Å²) in [6.07, 6.45) is 4.86. The van der Waals surface area contributed by atoms with Crippen molar-refractivity contribution in [2.24, 2.45) is 0 Å². The van der Waals surface area contributed by atoms with Crippen molar-refractivity contribution in [3.63, 3.8) is 0 Å². The highest BCUT2D eigenvalue weighted by Crippen LogP contribution is 2.29. The van der Waals surface area contributed by atoms with Crippen molar-refractivity contribution in [2.45, 2.75) is 26.5 Å². The number of aromatic nitrogens is 3. The van der Waals surface area contributed by atoms with Crippen LogP contribution in [-0.2, 0) is 6.54 Å². The maximum atomic E-state index is 12.7. The number of anilines is 1. The van der Waals surface area contributed by atoms with Gasteiger partial charge < -0.3 is 19.8 Å². The zero-order chi connectivity index (χ0) is 23.9. The number of nitrogens with one attached hydrogen (secondary N) is 3. The molecular formula is C24H23N5O4S.